The standard InChI is InChI=1S/C11H14N6O/c1-7(2)18-11-16-9(15-10(12-3)17-11)8-4-13-6-14-5-8/h4-7H,1-3H3,(H,12,15,16,17). The van der Waals surface area contributed by atoms with Crippen LogP contribution in [0.3, 0.4) is 0 Å². The first-order valence-corrected chi connectivity index (χ1v) is 5.55. The van der Waals surface area contributed by atoms with Gasteiger partial charge in [-0.25, -0.2) is 9.97 Å². The minimum Gasteiger partial charge on any atom is -0.461 e. The van der Waals surface area contributed by atoms with Crippen molar-refractivity contribution >= 4 is 5.95 Å². The Morgan fingerprint density at radius 3 is 2.44 bits per heavy atom. The monoisotopic (exact) mass is 246 g/mol. The Morgan fingerprint density at radius 1 is 1.11 bits per heavy atom. The van der Waals surface area contributed by atoms with E-state index in [1.54, 1.807) is 19.4 Å². The van der Waals surface area contributed by atoms with Gasteiger partial charge in [-0.3, -0.25) is 0 Å². The zero-order valence-electron chi connectivity index (χ0n) is 10.5. The molecule has 0 spiro atoms. The van der Waals surface area contributed by atoms with Gasteiger partial charge in [-0.1, -0.05) is 0 Å². The largest absolute Gasteiger partial charge is 0.461 e. The predicted molar refractivity (Wildman–Crippen MR) is 66.2 cm³/mol. The fraction of sp³-hybridized carbons (Fsp3) is 0.364. The lowest BCUT2D eigenvalue weighted by atomic mass is 10.3. The molecule has 7 nitrogen and oxygen atoms in total. The second-order valence-corrected chi connectivity index (χ2v) is 3.81. The quantitative estimate of drug-likeness (QED) is 0.866. The van der Waals surface area contributed by atoms with Gasteiger partial charge in [0.25, 0.3) is 0 Å². The van der Waals surface area contributed by atoms with Crippen LogP contribution in [-0.2, 0) is 0 Å². The normalized spacial score (nSPS) is 10.4. The Kier molecular flexibility index (Phi) is 3.61. The lowest BCUT2D eigenvalue weighted by Gasteiger charge is -2.09. The van der Waals surface area contributed by atoms with Crippen LogP contribution in [0, 0.1) is 0 Å². The highest BCUT2D eigenvalue weighted by atomic mass is 16.5. The van der Waals surface area contributed by atoms with Crippen LogP contribution in [0.5, 0.6) is 6.01 Å². The molecule has 2 rings (SSSR count). The summed E-state index contributed by atoms with van der Waals surface area (Å²) in [5.74, 6) is 0.921. The van der Waals surface area contributed by atoms with Crippen molar-refractivity contribution in [1.29, 1.82) is 0 Å². The maximum Gasteiger partial charge on any atom is 0.322 e. The summed E-state index contributed by atoms with van der Waals surface area (Å²) < 4.78 is 5.48. The van der Waals surface area contributed by atoms with Crippen LogP contribution in [-0.4, -0.2) is 38.1 Å². The van der Waals surface area contributed by atoms with E-state index in [-0.39, 0.29) is 12.1 Å². The lowest BCUT2D eigenvalue weighted by Crippen LogP contribution is -2.11. The molecule has 0 amide bonds. The molecule has 0 radical (unpaired) electrons. The van der Waals surface area contributed by atoms with Crippen LogP contribution in [0.15, 0.2) is 18.7 Å². The zero-order chi connectivity index (χ0) is 13.0. The molecular weight excluding hydrogens is 232 g/mol. The lowest BCUT2D eigenvalue weighted by molar-refractivity contribution is 0.222. The number of aromatic nitrogens is 5. The Morgan fingerprint density at radius 2 is 1.83 bits per heavy atom. The molecule has 0 bridgehead atoms. The van der Waals surface area contributed by atoms with E-state index in [9.17, 15) is 0 Å². The van der Waals surface area contributed by atoms with Gasteiger partial charge in [-0.2, -0.15) is 15.0 Å². The summed E-state index contributed by atoms with van der Waals surface area (Å²) >= 11 is 0. The molecule has 0 fully saturated rings. The first kappa shape index (κ1) is 12.2. The second kappa shape index (κ2) is 5.35. The average Bonchev–Trinajstić information content (AvgIpc) is 2.38. The Balaban J connectivity index is 2.41. The first-order valence-electron chi connectivity index (χ1n) is 5.55. The molecule has 1 N–H and O–H groups in total. The van der Waals surface area contributed by atoms with Crippen molar-refractivity contribution < 1.29 is 4.74 Å². The third-order valence-electron chi connectivity index (χ3n) is 2.00. The molecule has 7 heteroatoms. The van der Waals surface area contributed by atoms with Crippen LogP contribution in [0.4, 0.5) is 5.95 Å². The van der Waals surface area contributed by atoms with Crippen molar-refractivity contribution in [2.75, 3.05) is 12.4 Å². The molecular formula is C11H14N6O. The van der Waals surface area contributed by atoms with Gasteiger partial charge < -0.3 is 10.1 Å². The highest BCUT2D eigenvalue weighted by Crippen LogP contribution is 2.17. The summed E-state index contributed by atoms with van der Waals surface area (Å²) in [7, 11) is 1.74. The van der Waals surface area contributed by atoms with Crippen molar-refractivity contribution in [2.45, 2.75) is 20.0 Å². The Labute approximate surface area is 105 Å². The molecule has 94 valence electrons. The summed E-state index contributed by atoms with van der Waals surface area (Å²) in [5.41, 5.74) is 0.713. The second-order valence-electron chi connectivity index (χ2n) is 3.81. The molecule has 0 aliphatic rings. The van der Waals surface area contributed by atoms with Crippen molar-refractivity contribution in [3.63, 3.8) is 0 Å². The van der Waals surface area contributed by atoms with Crippen LogP contribution in [0.25, 0.3) is 11.4 Å². The van der Waals surface area contributed by atoms with E-state index in [2.05, 4.69) is 30.2 Å². The predicted octanol–water partition coefficient (Wildman–Crippen LogP) is 1.16. The summed E-state index contributed by atoms with van der Waals surface area (Å²) in [5, 5.41) is 2.87. The number of ether oxygens (including phenoxy) is 1. The van der Waals surface area contributed by atoms with Gasteiger partial charge in [-0.15, -0.1) is 0 Å². The van der Waals surface area contributed by atoms with Crippen molar-refractivity contribution in [1.82, 2.24) is 24.9 Å². The summed E-state index contributed by atoms with van der Waals surface area (Å²) in [6, 6.07) is 0.281. The summed E-state index contributed by atoms with van der Waals surface area (Å²) in [4.78, 5) is 20.5. The topological polar surface area (TPSA) is 85.7 Å². The van der Waals surface area contributed by atoms with Crippen molar-refractivity contribution in [3.05, 3.63) is 18.7 Å². The Bertz CT molecular complexity index is 516. The van der Waals surface area contributed by atoms with Gasteiger partial charge >= 0.3 is 6.01 Å². The average molecular weight is 246 g/mol. The number of anilines is 1. The van der Waals surface area contributed by atoms with Crippen LogP contribution < -0.4 is 10.1 Å². The van der Waals surface area contributed by atoms with Crippen LogP contribution in [0.1, 0.15) is 13.8 Å². The minimum absolute atomic E-state index is 0.00280. The van der Waals surface area contributed by atoms with Crippen molar-refractivity contribution in [2.24, 2.45) is 0 Å². The third-order valence-corrected chi connectivity index (χ3v) is 2.00. The molecule has 0 aliphatic heterocycles. The molecule has 0 aromatic carbocycles. The van der Waals surface area contributed by atoms with Gasteiger partial charge in [-0.05, 0) is 13.8 Å². The SMILES string of the molecule is CNc1nc(OC(C)C)nc(-c2cncnc2)n1. The van der Waals surface area contributed by atoms with Crippen LogP contribution in [0.2, 0.25) is 0 Å². The minimum atomic E-state index is -0.00280. The first-order chi connectivity index (χ1) is 8.69. The van der Waals surface area contributed by atoms with E-state index in [0.29, 0.717) is 17.3 Å². The number of hydrogen-bond acceptors (Lipinski definition) is 7. The van der Waals surface area contributed by atoms with E-state index in [0.717, 1.165) is 0 Å². The highest BCUT2D eigenvalue weighted by molar-refractivity contribution is 5.53. The Hall–Kier alpha value is -2.31. The molecule has 2 aromatic rings. The molecule has 0 saturated carbocycles. The summed E-state index contributed by atoms with van der Waals surface area (Å²) in [6.07, 6.45) is 4.73. The van der Waals surface area contributed by atoms with E-state index >= 15 is 0 Å². The third kappa shape index (κ3) is 2.88. The van der Waals surface area contributed by atoms with E-state index in [1.807, 2.05) is 13.8 Å². The van der Waals surface area contributed by atoms with Crippen molar-refractivity contribution in [3.8, 4) is 17.4 Å². The van der Waals surface area contributed by atoms with Gasteiger partial charge in [0, 0.05) is 19.4 Å². The fourth-order valence-electron chi connectivity index (χ4n) is 1.28. The summed E-state index contributed by atoms with van der Waals surface area (Å²) in [6.45, 7) is 3.82. The van der Waals surface area contributed by atoms with E-state index < -0.39 is 0 Å². The maximum atomic E-state index is 5.48. The van der Waals surface area contributed by atoms with Crippen LogP contribution >= 0.6 is 0 Å². The van der Waals surface area contributed by atoms with E-state index in [4.69, 9.17) is 4.74 Å². The number of rotatable bonds is 4. The van der Waals surface area contributed by atoms with Gasteiger partial charge in [0.2, 0.25) is 5.95 Å². The van der Waals surface area contributed by atoms with Gasteiger partial charge in [0.1, 0.15) is 6.33 Å². The number of hydrogen-bond donors (Lipinski definition) is 1. The molecule has 18 heavy (non-hydrogen) atoms. The molecule has 0 unspecified atom stereocenters. The maximum absolute atomic E-state index is 5.48. The molecule has 2 heterocycles. The van der Waals surface area contributed by atoms with E-state index in [1.165, 1.54) is 6.33 Å². The van der Waals surface area contributed by atoms with Gasteiger partial charge in [0.15, 0.2) is 5.82 Å². The molecule has 2 aromatic heterocycles. The molecule has 0 aliphatic carbocycles. The van der Waals surface area contributed by atoms with Gasteiger partial charge in [0.05, 0.1) is 11.7 Å². The molecule has 0 saturated heterocycles. The molecule has 0 atom stereocenters. The smallest absolute Gasteiger partial charge is 0.322 e. The number of nitrogens with zero attached hydrogens (tertiary/aromatic N) is 5. The fourth-order valence-corrected chi connectivity index (χ4v) is 1.28. The highest BCUT2D eigenvalue weighted by Gasteiger charge is 2.10. The number of nitrogens with one attached hydrogen (secondary N) is 1. The zero-order valence-corrected chi connectivity index (χ0v) is 10.5.